The molecule has 0 saturated carbocycles. The van der Waals surface area contributed by atoms with E-state index in [1.165, 1.54) is 0 Å². The molecular weight excluding hydrogens is 267 g/mol. The number of aryl methyl sites for hydroxylation is 2. The number of hydrogen-bond acceptors (Lipinski definition) is 3. The van der Waals surface area contributed by atoms with Crippen molar-refractivity contribution < 1.29 is 4.39 Å². The van der Waals surface area contributed by atoms with Crippen molar-refractivity contribution >= 4 is 0 Å². The highest BCUT2D eigenvalue weighted by Gasteiger charge is 2.11. The Morgan fingerprint density at radius 1 is 1.43 bits per heavy atom. The fourth-order valence-electron chi connectivity index (χ4n) is 2.24. The minimum atomic E-state index is -0.190. The molecule has 5 heteroatoms. The van der Waals surface area contributed by atoms with E-state index < -0.39 is 0 Å². The lowest BCUT2D eigenvalue weighted by Crippen LogP contribution is -2.24. The van der Waals surface area contributed by atoms with Gasteiger partial charge in [-0.1, -0.05) is 12.1 Å². The maximum atomic E-state index is 13.6. The summed E-state index contributed by atoms with van der Waals surface area (Å²) in [6, 6.07) is 5.08. The molecule has 2 aromatic rings. The second kappa shape index (κ2) is 6.83. The van der Waals surface area contributed by atoms with Gasteiger partial charge in [-0.15, -0.1) is 0 Å². The normalized spacial score (nSPS) is 12.9. The molecule has 1 unspecified atom stereocenters. The monoisotopic (exact) mass is 290 g/mol. The highest BCUT2D eigenvalue weighted by molar-refractivity contribution is 5.25. The Hall–Kier alpha value is -1.72. The van der Waals surface area contributed by atoms with E-state index in [9.17, 15) is 4.39 Å². The van der Waals surface area contributed by atoms with E-state index in [0.29, 0.717) is 5.56 Å². The van der Waals surface area contributed by atoms with E-state index in [2.05, 4.69) is 9.88 Å². The SMILES string of the molecule is Cc1ccc(C(N)CCN(C)Cc2nccn2C)cc1F. The van der Waals surface area contributed by atoms with E-state index in [1.54, 1.807) is 25.3 Å². The first-order valence-corrected chi connectivity index (χ1v) is 7.13. The number of nitrogens with two attached hydrogens (primary N) is 1. The molecule has 0 saturated heterocycles. The molecule has 2 N–H and O–H groups in total. The molecule has 0 radical (unpaired) electrons. The molecule has 114 valence electrons. The van der Waals surface area contributed by atoms with E-state index in [-0.39, 0.29) is 11.9 Å². The van der Waals surface area contributed by atoms with Crippen LogP contribution in [0.1, 0.15) is 29.4 Å². The first-order valence-electron chi connectivity index (χ1n) is 7.13. The molecule has 0 aliphatic carbocycles. The Kier molecular flexibility index (Phi) is 5.09. The number of halogens is 1. The molecular formula is C16H23FN4. The van der Waals surface area contributed by atoms with Crippen molar-refractivity contribution in [2.45, 2.75) is 25.9 Å². The number of nitrogens with zero attached hydrogens (tertiary/aromatic N) is 3. The molecule has 1 aromatic heterocycles. The van der Waals surface area contributed by atoms with Crippen LogP contribution in [0.25, 0.3) is 0 Å². The summed E-state index contributed by atoms with van der Waals surface area (Å²) >= 11 is 0. The number of aromatic nitrogens is 2. The average molecular weight is 290 g/mol. The van der Waals surface area contributed by atoms with E-state index >= 15 is 0 Å². The third kappa shape index (κ3) is 4.12. The average Bonchev–Trinajstić information content (AvgIpc) is 2.84. The van der Waals surface area contributed by atoms with Gasteiger partial charge in [0.25, 0.3) is 0 Å². The van der Waals surface area contributed by atoms with E-state index in [4.69, 9.17) is 5.73 Å². The maximum absolute atomic E-state index is 13.6. The zero-order valence-electron chi connectivity index (χ0n) is 12.9. The van der Waals surface area contributed by atoms with Crippen LogP contribution in [0, 0.1) is 12.7 Å². The highest BCUT2D eigenvalue weighted by atomic mass is 19.1. The van der Waals surface area contributed by atoms with E-state index in [0.717, 1.165) is 30.9 Å². The first kappa shape index (κ1) is 15.7. The summed E-state index contributed by atoms with van der Waals surface area (Å²) in [4.78, 5) is 6.48. The predicted octanol–water partition coefficient (Wildman–Crippen LogP) is 2.39. The standard InChI is InChI=1S/C16H23FN4/c1-12-4-5-13(10-14(12)17)15(18)6-8-20(2)11-16-19-7-9-21(16)3/h4-5,7,9-10,15H,6,8,11,18H2,1-3H3. The summed E-state index contributed by atoms with van der Waals surface area (Å²) in [5, 5.41) is 0. The van der Waals surface area contributed by atoms with Gasteiger partial charge >= 0.3 is 0 Å². The minimum absolute atomic E-state index is 0.149. The zero-order chi connectivity index (χ0) is 15.4. The third-order valence-electron chi connectivity index (χ3n) is 3.78. The third-order valence-corrected chi connectivity index (χ3v) is 3.78. The zero-order valence-corrected chi connectivity index (χ0v) is 12.9. The van der Waals surface area contributed by atoms with Crippen LogP contribution >= 0.6 is 0 Å². The molecule has 0 aliphatic rings. The Morgan fingerprint density at radius 2 is 2.19 bits per heavy atom. The van der Waals surface area contributed by atoms with Gasteiger partial charge in [-0.25, -0.2) is 9.37 Å². The van der Waals surface area contributed by atoms with Gasteiger partial charge in [-0.3, -0.25) is 4.90 Å². The second-order valence-corrected chi connectivity index (χ2v) is 5.60. The summed E-state index contributed by atoms with van der Waals surface area (Å²) in [6.45, 7) is 3.37. The molecule has 1 atom stereocenters. The van der Waals surface area contributed by atoms with E-state index in [1.807, 2.05) is 30.9 Å². The summed E-state index contributed by atoms with van der Waals surface area (Å²) < 4.78 is 15.6. The molecule has 21 heavy (non-hydrogen) atoms. The van der Waals surface area contributed by atoms with Gasteiger partial charge in [0.05, 0.1) is 6.54 Å². The van der Waals surface area contributed by atoms with Crippen molar-refractivity contribution in [3.63, 3.8) is 0 Å². The topological polar surface area (TPSA) is 47.1 Å². The Labute approximate surface area is 125 Å². The van der Waals surface area contributed by atoms with Crippen LogP contribution < -0.4 is 5.73 Å². The van der Waals surface area contributed by atoms with Gasteiger partial charge < -0.3 is 10.3 Å². The number of hydrogen-bond donors (Lipinski definition) is 1. The van der Waals surface area contributed by atoms with Crippen LogP contribution in [0.2, 0.25) is 0 Å². The Balaban J connectivity index is 1.87. The van der Waals surface area contributed by atoms with Crippen molar-refractivity contribution in [3.8, 4) is 0 Å². The quantitative estimate of drug-likeness (QED) is 0.888. The van der Waals surface area contributed by atoms with Crippen LogP contribution in [-0.2, 0) is 13.6 Å². The molecule has 2 rings (SSSR count). The molecule has 4 nitrogen and oxygen atoms in total. The van der Waals surface area contributed by atoms with Crippen LogP contribution in [0.4, 0.5) is 4.39 Å². The lowest BCUT2D eigenvalue weighted by molar-refractivity contribution is 0.301. The van der Waals surface area contributed by atoms with Crippen molar-refractivity contribution in [2.75, 3.05) is 13.6 Å². The molecule has 0 fully saturated rings. The van der Waals surface area contributed by atoms with Crippen LogP contribution in [-0.4, -0.2) is 28.0 Å². The lowest BCUT2D eigenvalue weighted by Gasteiger charge is -2.19. The number of rotatable bonds is 6. The first-order chi connectivity index (χ1) is 9.97. The van der Waals surface area contributed by atoms with Gasteiger partial charge in [0.2, 0.25) is 0 Å². The molecule has 0 amide bonds. The van der Waals surface area contributed by atoms with Crippen LogP contribution in [0.3, 0.4) is 0 Å². The van der Waals surface area contributed by atoms with Crippen molar-refractivity contribution in [3.05, 3.63) is 53.4 Å². The van der Waals surface area contributed by atoms with Crippen LogP contribution in [0.5, 0.6) is 0 Å². The van der Waals surface area contributed by atoms with Gasteiger partial charge in [0.1, 0.15) is 11.6 Å². The summed E-state index contributed by atoms with van der Waals surface area (Å²) in [7, 11) is 4.02. The molecule has 0 spiro atoms. The summed E-state index contributed by atoms with van der Waals surface area (Å²) in [5.74, 6) is 0.830. The van der Waals surface area contributed by atoms with Gasteiger partial charge in [-0.2, -0.15) is 0 Å². The van der Waals surface area contributed by atoms with Crippen molar-refractivity contribution in [1.82, 2.24) is 14.5 Å². The van der Waals surface area contributed by atoms with Crippen molar-refractivity contribution in [1.29, 1.82) is 0 Å². The Bertz CT molecular complexity index is 594. The van der Waals surface area contributed by atoms with Gasteiger partial charge in [0.15, 0.2) is 0 Å². The maximum Gasteiger partial charge on any atom is 0.126 e. The second-order valence-electron chi connectivity index (χ2n) is 5.60. The Morgan fingerprint density at radius 3 is 2.81 bits per heavy atom. The molecule has 0 aliphatic heterocycles. The minimum Gasteiger partial charge on any atom is -0.337 e. The molecule has 1 heterocycles. The largest absolute Gasteiger partial charge is 0.337 e. The van der Waals surface area contributed by atoms with Gasteiger partial charge in [0, 0.05) is 32.0 Å². The molecule has 1 aromatic carbocycles. The lowest BCUT2D eigenvalue weighted by atomic mass is 10.0. The summed E-state index contributed by atoms with van der Waals surface area (Å²) in [5.41, 5.74) is 7.65. The molecule has 0 bridgehead atoms. The predicted molar refractivity (Wildman–Crippen MR) is 82.2 cm³/mol. The fourth-order valence-corrected chi connectivity index (χ4v) is 2.24. The van der Waals surface area contributed by atoms with Gasteiger partial charge in [-0.05, 0) is 37.6 Å². The fraction of sp³-hybridized carbons (Fsp3) is 0.438. The highest BCUT2D eigenvalue weighted by Crippen LogP contribution is 2.18. The number of imidazole rings is 1. The summed E-state index contributed by atoms with van der Waals surface area (Å²) in [6.07, 6.45) is 4.51. The smallest absolute Gasteiger partial charge is 0.126 e. The van der Waals surface area contributed by atoms with Crippen molar-refractivity contribution in [2.24, 2.45) is 12.8 Å². The number of benzene rings is 1. The van der Waals surface area contributed by atoms with Crippen LogP contribution in [0.15, 0.2) is 30.6 Å².